The summed E-state index contributed by atoms with van der Waals surface area (Å²) in [5.74, 6) is 0.777. The highest BCUT2D eigenvalue weighted by atomic mass is 19.1. The van der Waals surface area contributed by atoms with Crippen molar-refractivity contribution in [2.75, 3.05) is 26.8 Å². The number of methoxy groups -OCH3 is 1. The smallest absolute Gasteiger partial charge is 0.249 e. The summed E-state index contributed by atoms with van der Waals surface area (Å²) in [7, 11) is 1.68. The number of rotatable bonds is 9. The summed E-state index contributed by atoms with van der Waals surface area (Å²) in [4.78, 5) is 17.7. The first-order valence-electron chi connectivity index (χ1n) is 11.7. The Labute approximate surface area is 192 Å². The fraction of sp³-hybridized carbons (Fsp3) is 0.423. The van der Waals surface area contributed by atoms with Crippen LogP contribution in [0.2, 0.25) is 0 Å². The number of aryl methyl sites for hydroxylation is 1. The van der Waals surface area contributed by atoms with Crippen LogP contribution in [-0.2, 0) is 12.8 Å². The number of fused-ring (bicyclic) bond motifs is 2. The van der Waals surface area contributed by atoms with Crippen LogP contribution in [0, 0.1) is 11.7 Å². The Hall–Kier alpha value is -3.06. The molecule has 3 N–H and O–H groups in total. The zero-order chi connectivity index (χ0) is 22.9. The van der Waals surface area contributed by atoms with Crippen LogP contribution < -0.4 is 15.2 Å². The first-order chi connectivity index (χ1) is 16.0. The van der Waals surface area contributed by atoms with Gasteiger partial charge in [-0.1, -0.05) is 0 Å². The predicted octanol–water partition coefficient (Wildman–Crippen LogP) is 4.06. The molecule has 0 spiro atoms. The quantitative estimate of drug-likeness (QED) is 0.514. The average Bonchev–Trinajstić information content (AvgIpc) is 3.56. The molecule has 1 unspecified atom stereocenters. The lowest BCUT2D eigenvalue weighted by Gasteiger charge is -2.36. The van der Waals surface area contributed by atoms with Gasteiger partial charge in [0.2, 0.25) is 5.91 Å². The number of halogens is 1. The molecule has 7 heteroatoms. The number of hydrogen-bond acceptors (Lipinski definition) is 4. The Morgan fingerprint density at radius 3 is 2.91 bits per heavy atom. The van der Waals surface area contributed by atoms with Crippen molar-refractivity contribution in [3.63, 3.8) is 0 Å². The summed E-state index contributed by atoms with van der Waals surface area (Å²) in [6.45, 7) is 2.34. The van der Waals surface area contributed by atoms with Crippen molar-refractivity contribution < 1.29 is 18.7 Å². The van der Waals surface area contributed by atoms with Gasteiger partial charge < -0.3 is 20.2 Å². The van der Waals surface area contributed by atoms with Gasteiger partial charge in [0, 0.05) is 40.8 Å². The largest absolute Gasteiger partial charge is 0.497 e. The minimum absolute atomic E-state index is 0.0982. The van der Waals surface area contributed by atoms with E-state index in [1.165, 1.54) is 35.9 Å². The van der Waals surface area contributed by atoms with Gasteiger partial charge in [0.25, 0.3) is 0 Å². The third-order valence-electron chi connectivity index (χ3n) is 6.91. The second-order valence-electron chi connectivity index (χ2n) is 9.20. The fourth-order valence-corrected chi connectivity index (χ4v) is 4.92. The van der Waals surface area contributed by atoms with Crippen molar-refractivity contribution >= 4 is 16.8 Å². The number of nitrogens with two attached hydrogens (primary N) is 1. The molecular weight excluding hydrogens is 421 g/mol. The van der Waals surface area contributed by atoms with E-state index >= 15 is 0 Å². The molecule has 1 aromatic heterocycles. The fourth-order valence-electron chi connectivity index (χ4n) is 4.92. The van der Waals surface area contributed by atoms with Crippen LogP contribution in [-0.4, -0.2) is 48.6 Å². The van der Waals surface area contributed by atoms with Crippen molar-refractivity contribution in [2.24, 2.45) is 11.7 Å². The van der Waals surface area contributed by atoms with Crippen LogP contribution in [0.1, 0.15) is 40.7 Å². The summed E-state index contributed by atoms with van der Waals surface area (Å²) in [5, 5.41) is 1.19. The molecule has 6 nitrogen and oxygen atoms in total. The van der Waals surface area contributed by atoms with Gasteiger partial charge in [0.05, 0.1) is 7.11 Å². The maximum atomic E-state index is 14.3. The molecule has 1 aliphatic heterocycles. The molecule has 2 heterocycles. The molecule has 33 heavy (non-hydrogen) atoms. The minimum Gasteiger partial charge on any atom is -0.497 e. The van der Waals surface area contributed by atoms with Crippen LogP contribution in [0.3, 0.4) is 0 Å². The van der Waals surface area contributed by atoms with Crippen LogP contribution in [0.15, 0.2) is 36.5 Å². The number of nitrogens with zero attached hydrogens (tertiary/aromatic N) is 1. The molecule has 2 aromatic carbocycles. The SMILES string of the molecule is COc1ccc2[nH]cc(CCCN(CC3CC3)C3COc4c(F)ccc(C(N)=O)c4C3)c2c1. The van der Waals surface area contributed by atoms with E-state index in [9.17, 15) is 9.18 Å². The molecule has 0 bridgehead atoms. The predicted molar refractivity (Wildman–Crippen MR) is 125 cm³/mol. The average molecular weight is 452 g/mol. The second-order valence-corrected chi connectivity index (χ2v) is 9.20. The Morgan fingerprint density at radius 1 is 1.30 bits per heavy atom. The van der Waals surface area contributed by atoms with E-state index in [2.05, 4.69) is 22.1 Å². The number of aromatic nitrogens is 1. The maximum absolute atomic E-state index is 14.3. The van der Waals surface area contributed by atoms with E-state index in [0.29, 0.717) is 30.1 Å². The highest BCUT2D eigenvalue weighted by molar-refractivity contribution is 5.95. The Kier molecular flexibility index (Phi) is 5.98. The molecule has 3 aromatic rings. The summed E-state index contributed by atoms with van der Waals surface area (Å²) in [6.07, 6.45) is 7.10. The standard InChI is InChI=1S/C26H30FN3O3/c1-32-19-6-9-24-21(12-19)17(13-29-24)3-2-10-30(14-16-4-5-16)18-11-22-20(26(28)31)7-8-23(27)25(22)33-15-18/h6-9,12-13,16,18,29H,2-5,10-11,14-15H2,1H3,(H2,28,31). The number of primary amides is 1. The third-order valence-corrected chi connectivity index (χ3v) is 6.91. The van der Waals surface area contributed by atoms with Crippen molar-refractivity contribution in [1.29, 1.82) is 0 Å². The normalized spacial score (nSPS) is 17.7. The molecule has 5 rings (SSSR count). The van der Waals surface area contributed by atoms with E-state index < -0.39 is 11.7 Å². The molecule has 1 atom stereocenters. The highest BCUT2D eigenvalue weighted by Crippen LogP contribution is 2.35. The lowest BCUT2D eigenvalue weighted by Crippen LogP contribution is -2.45. The summed E-state index contributed by atoms with van der Waals surface area (Å²) < 4.78 is 25.5. The zero-order valence-electron chi connectivity index (χ0n) is 18.9. The monoisotopic (exact) mass is 451 g/mol. The zero-order valence-corrected chi connectivity index (χ0v) is 18.9. The molecule has 1 fully saturated rings. The van der Waals surface area contributed by atoms with Crippen molar-refractivity contribution in [1.82, 2.24) is 9.88 Å². The molecule has 1 amide bonds. The van der Waals surface area contributed by atoms with Gasteiger partial charge in [-0.2, -0.15) is 0 Å². The molecule has 0 radical (unpaired) electrons. The molecule has 174 valence electrons. The van der Waals surface area contributed by atoms with Gasteiger partial charge in [0.15, 0.2) is 11.6 Å². The minimum atomic E-state index is -0.543. The summed E-state index contributed by atoms with van der Waals surface area (Å²) in [6, 6.07) is 8.92. The van der Waals surface area contributed by atoms with Gasteiger partial charge >= 0.3 is 0 Å². The van der Waals surface area contributed by atoms with Gasteiger partial charge in [0.1, 0.15) is 12.4 Å². The Morgan fingerprint density at radius 2 is 2.15 bits per heavy atom. The number of benzene rings is 2. The van der Waals surface area contributed by atoms with Crippen LogP contribution in [0.4, 0.5) is 4.39 Å². The van der Waals surface area contributed by atoms with Gasteiger partial charge in [-0.05, 0) is 80.5 Å². The third kappa shape index (κ3) is 4.55. The number of H-pyrrole nitrogens is 1. The molecule has 2 aliphatic rings. The molecular formula is C26H30FN3O3. The topological polar surface area (TPSA) is 80.6 Å². The van der Waals surface area contributed by atoms with Crippen molar-refractivity contribution in [2.45, 2.75) is 38.1 Å². The maximum Gasteiger partial charge on any atom is 0.249 e. The van der Waals surface area contributed by atoms with Crippen LogP contribution in [0.5, 0.6) is 11.5 Å². The van der Waals surface area contributed by atoms with Crippen molar-refractivity contribution in [3.8, 4) is 11.5 Å². The Balaban J connectivity index is 1.30. The van der Waals surface area contributed by atoms with E-state index in [1.807, 2.05) is 12.1 Å². The number of nitrogens with one attached hydrogen (secondary N) is 1. The van der Waals surface area contributed by atoms with E-state index in [4.69, 9.17) is 15.2 Å². The number of aromatic amines is 1. The van der Waals surface area contributed by atoms with Gasteiger partial charge in [-0.3, -0.25) is 9.69 Å². The van der Waals surface area contributed by atoms with Crippen molar-refractivity contribution in [3.05, 3.63) is 59.0 Å². The first-order valence-corrected chi connectivity index (χ1v) is 11.7. The Bertz CT molecular complexity index is 1170. The summed E-state index contributed by atoms with van der Waals surface area (Å²) in [5.41, 5.74) is 8.90. The number of carbonyl (C=O) groups is 1. The van der Waals surface area contributed by atoms with Gasteiger partial charge in [-0.15, -0.1) is 0 Å². The van der Waals surface area contributed by atoms with Crippen LogP contribution >= 0.6 is 0 Å². The molecule has 0 saturated heterocycles. The molecule has 1 aliphatic carbocycles. The number of hydrogen-bond donors (Lipinski definition) is 2. The van der Waals surface area contributed by atoms with Crippen LogP contribution in [0.25, 0.3) is 10.9 Å². The summed E-state index contributed by atoms with van der Waals surface area (Å²) >= 11 is 0. The van der Waals surface area contributed by atoms with E-state index in [0.717, 1.165) is 37.2 Å². The number of ether oxygens (including phenoxy) is 2. The second kappa shape index (κ2) is 9.06. The number of amides is 1. The van der Waals surface area contributed by atoms with E-state index in [1.54, 1.807) is 7.11 Å². The highest BCUT2D eigenvalue weighted by Gasteiger charge is 2.33. The number of carbonyl (C=O) groups excluding carboxylic acids is 1. The molecule has 1 saturated carbocycles. The van der Waals surface area contributed by atoms with Gasteiger partial charge in [-0.25, -0.2) is 4.39 Å². The lowest BCUT2D eigenvalue weighted by molar-refractivity contribution is 0.0980. The van der Waals surface area contributed by atoms with E-state index in [-0.39, 0.29) is 11.8 Å². The first kappa shape index (κ1) is 21.8. The lowest BCUT2D eigenvalue weighted by atomic mass is 9.95.